The molecular formula is C14H17ClN2O3. The van der Waals surface area contributed by atoms with E-state index in [-0.39, 0.29) is 24.2 Å². The molecule has 5 nitrogen and oxygen atoms in total. The lowest BCUT2D eigenvalue weighted by Gasteiger charge is -2.22. The van der Waals surface area contributed by atoms with E-state index in [2.05, 4.69) is 10.6 Å². The van der Waals surface area contributed by atoms with Crippen LogP contribution in [0.5, 0.6) is 5.75 Å². The Morgan fingerprint density at radius 1 is 1.50 bits per heavy atom. The molecule has 1 aliphatic heterocycles. The van der Waals surface area contributed by atoms with Gasteiger partial charge in [-0.2, -0.15) is 0 Å². The van der Waals surface area contributed by atoms with Gasteiger partial charge in [-0.25, -0.2) is 0 Å². The Labute approximate surface area is 122 Å². The van der Waals surface area contributed by atoms with Gasteiger partial charge in [0.25, 0.3) is 0 Å². The number of anilines is 1. The SMILES string of the molecule is COc1cc(Cl)c(C)cc1NC(=O)C1CCNC(=O)C1. The Morgan fingerprint density at radius 3 is 2.90 bits per heavy atom. The topological polar surface area (TPSA) is 67.4 Å². The molecule has 0 radical (unpaired) electrons. The lowest BCUT2D eigenvalue weighted by Crippen LogP contribution is -2.38. The van der Waals surface area contributed by atoms with E-state index in [1.165, 1.54) is 7.11 Å². The highest BCUT2D eigenvalue weighted by Crippen LogP contribution is 2.31. The van der Waals surface area contributed by atoms with Crippen molar-refractivity contribution >= 4 is 29.1 Å². The van der Waals surface area contributed by atoms with Gasteiger partial charge in [-0.3, -0.25) is 9.59 Å². The summed E-state index contributed by atoms with van der Waals surface area (Å²) in [7, 11) is 1.52. The van der Waals surface area contributed by atoms with E-state index in [4.69, 9.17) is 16.3 Å². The second-order valence-corrected chi connectivity index (χ2v) is 5.24. The number of ether oxygens (including phenoxy) is 1. The van der Waals surface area contributed by atoms with Crippen LogP contribution in [-0.2, 0) is 9.59 Å². The molecule has 1 heterocycles. The third-order valence-corrected chi connectivity index (χ3v) is 3.76. The van der Waals surface area contributed by atoms with Gasteiger partial charge in [0.1, 0.15) is 5.75 Å². The molecule has 1 atom stereocenters. The van der Waals surface area contributed by atoms with E-state index in [0.29, 0.717) is 29.4 Å². The summed E-state index contributed by atoms with van der Waals surface area (Å²) < 4.78 is 5.21. The molecule has 0 bridgehead atoms. The highest BCUT2D eigenvalue weighted by Gasteiger charge is 2.26. The molecule has 2 N–H and O–H groups in total. The van der Waals surface area contributed by atoms with E-state index in [1.807, 2.05) is 6.92 Å². The quantitative estimate of drug-likeness (QED) is 0.898. The van der Waals surface area contributed by atoms with Gasteiger partial charge in [-0.05, 0) is 25.0 Å². The van der Waals surface area contributed by atoms with Gasteiger partial charge in [-0.1, -0.05) is 11.6 Å². The number of halogens is 1. The summed E-state index contributed by atoms with van der Waals surface area (Å²) in [6.07, 6.45) is 0.868. The van der Waals surface area contributed by atoms with Crippen LogP contribution in [0.3, 0.4) is 0 Å². The maximum Gasteiger partial charge on any atom is 0.228 e. The molecule has 2 amide bonds. The number of rotatable bonds is 3. The van der Waals surface area contributed by atoms with Crippen LogP contribution in [0.15, 0.2) is 12.1 Å². The Morgan fingerprint density at radius 2 is 2.25 bits per heavy atom. The van der Waals surface area contributed by atoms with E-state index < -0.39 is 0 Å². The summed E-state index contributed by atoms with van der Waals surface area (Å²) in [6, 6.07) is 3.43. The van der Waals surface area contributed by atoms with Crippen LogP contribution < -0.4 is 15.4 Å². The highest BCUT2D eigenvalue weighted by atomic mass is 35.5. The highest BCUT2D eigenvalue weighted by molar-refractivity contribution is 6.31. The number of piperidine rings is 1. The minimum atomic E-state index is -0.301. The number of hydrogen-bond donors (Lipinski definition) is 2. The van der Waals surface area contributed by atoms with Crippen molar-refractivity contribution in [3.8, 4) is 5.75 Å². The summed E-state index contributed by atoms with van der Waals surface area (Å²) in [5.74, 6) is -0.0471. The van der Waals surface area contributed by atoms with Crippen LogP contribution in [0, 0.1) is 12.8 Å². The second kappa shape index (κ2) is 6.13. The van der Waals surface area contributed by atoms with Crippen LogP contribution in [0.2, 0.25) is 5.02 Å². The van der Waals surface area contributed by atoms with Gasteiger partial charge in [0.2, 0.25) is 11.8 Å². The minimum Gasteiger partial charge on any atom is -0.495 e. The monoisotopic (exact) mass is 296 g/mol. The van der Waals surface area contributed by atoms with E-state index >= 15 is 0 Å². The number of nitrogens with one attached hydrogen (secondary N) is 2. The lowest BCUT2D eigenvalue weighted by molar-refractivity contribution is -0.129. The van der Waals surface area contributed by atoms with Crippen molar-refractivity contribution < 1.29 is 14.3 Å². The number of amides is 2. The first-order chi connectivity index (χ1) is 9.51. The molecule has 1 unspecified atom stereocenters. The first-order valence-electron chi connectivity index (χ1n) is 6.43. The molecule has 0 aliphatic carbocycles. The van der Waals surface area contributed by atoms with E-state index in [9.17, 15) is 9.59 Å². The predicted molar refractivity (Wildman–Crippen MR) is 77.1 cm³/mol. The van der Waals surface area contributed by atoms with Gasteiger partial charge < -0.3 is 15.4 Å². The third-order valence-electron chi connectivity index (χ3n) is 3.36. The van der Waals surface area contributed by atoms with Crippen molar-refractivity contribution in [2.45, 2.75) is 19.8 Å². The number of benzene rings is 1. The second-order valence-electron chi connectivity index (χ2n) is 4.83. The van der Waals surface area contributed by atoms with Gasteiger partial charge in [0.15, 0.2) is 0 Å². The fraction of sp³-hybridized carbons (Fsp3) is 0.429. The minimum absolute atomic E-state index is 0.0874. The zero-order valence-corrected chi connectivity index (χ0v) is 12.2. The fourth-order valence-corrected chi connectivity index (χ4v) is 2.33. The standard InChI is InChI=1S/C14H17ClN2O3/c1-8-5-11(12(20-2)7-10(8)15)17-14(19)9-3-4-16-13(18)6-9/h5,7,9H,3-4,6H2,1-2H3,(H,16,18)(H,17,19). The first-order valence-corrected chi connectivity index (χ1v) is 6.80. The Balaban J connectivity index is 2.14. The molecule has 1 saturated heterocycles. The fourth-order valence-electron chi connectivity index (χ4n) is 2.17. The number of aryl methyl sites for hydroxylation is 1. The Hall–Kier alpha value is -1.75. The number of carbonyl (C=O) groups excluding carboxylic acids is 2. The van der Waals surface area contributed by atoms with Crippen LogP contribution in [0.4, 0.5) is 5.69 Å². The zero-order chi connectivity index (χ0) is 14.7. The average molecular weight is 297 g/mol. The van der Waals surface area contributed by atoms with Crippen LogP contribution >= 0.6 is 11.6 Å². The predicted octanol–water partition coefficient (Wildman–Crippen LogP) is 2.12. The summed E-state index contributed by atoms with van der Waals surface area (Å²) in [5.41, 5.74) is 1.43. The molecule has 1 aromatic carbocycles. The molecule has 20 heavy (non-hydrogen) atoms. The maximum atomic E-state index is 12.2. The number of hydrogen-bond acceptors (Lipinski definition) is 3. The smallest absolute Gasteiger partial charge is 0.228 e. The average Bonchev–Trinajstić information content (AvgIpc) is 2.42. The van der Waals surface area contributed by atoms with E-state index in [1.54, 1.807) is 12.1 Å². The van der Waals surface area contributed by atoms with Crippen molar-refractivity contribution in [2.75, 3.05) is 19.0 Å². The largest absolute Gasteiger partial charge is 0.495 e. The molecule has 6 heteroatoms. The molecule has 0 saturated carbocycles. The zero-order valence-electron chi connectivity index (χ0n) is 11.5. The molecule has 0 spiro atoms. The van der Waals surface area contributed by atoms with E-state index in [0.717, 1.165) is 5.56 Å². The van der Waals surface area contributed by atoms with Gasteiger partial charge >= 0.3 is 0 Å². The number of carbonyl (C=O) groups is 2. The van der Waals surface area contributed by atoms with Crippen LogP contribution in [0.1, 0.15) is 18.4 Å². The molecule has 1 aromatic rings. The van der Waals surface area contributed by atoms with Gasteiger partial charge in [-0.15, -0.1) is 0 Å². The molecule has 1 fully saturated rings. The summed E-state index contributed by atoms with van der Waals surface area (Å²) in [4.78, 5) is 23.5. The number of methoxy groups -OCH3 is 1. The molecular weight excluding hydrogens is 280 g/mol. The molecule has 2 rings (SSSR count). The van der Waals surface area contributed by atoms with Gasteiger partial charge in [0, 0.05) is 30.0 Å². The lowest BCUT2D eigenvalue weighted by atomic mass is 9.96. The molecule has 0 aromatic heterocycles. The normalized spacial score (nSPS) is 18.4. The van der Waals surface area contributed by atoms with Crippen LogP contribution in [-0.4, -0.2) is 25.5 Å². The van der Waals surface area contributed by atoms with Crippen molar-refractivity contribution in [1.29, 1.82) is 0 Å². The van der Waals surface area contributed by atoms with Crippen molar-refractivity contribution in [3.05, 3.63) is 22.7 Å². The third kappa shape index (κ3) is 3.22. The summed E-state index contributed by atoms with van der Waals surface area (Å²) in [5, 5.41) is 6.11. The van der Waals surface area contributed by atoms with Crippen molar-refractivity contribution in [2.24, 2.45) is 5.92 Å². The summed E-state index contributed by atoms with van der Waals surface area (Å²) >= 11 is 6.02. The van der Waals surface area contributed by atoms with Crippen molar-refractivity contribution in [3.63, 3.8) is 0 Å². The molecule has 108 valence electrons. The summed E-state index contributed by atoms with van der Waals surface area (Å²) in [6.45, 7) is 2.39. The Kier molecular flexibility index (Phi) is 4.49. The first kappa shape index (κ1) is 14.7. The van der Waals surface area contributed by atoms with Crippen molar-refractivity contribution in [1.82, 2.24) is 5.32 Å². The Bertz CT molecular complexity index is 545. The van der Waals surface area contributed by atoms with Gasteiger partial charge in [0.05, 0.1) is 12.8 Å². The van der Waals surface area contributed by atoms with Crippen LogP contribution in [0.25, 0.3) is 0 Å². The molecule has 1 aliphatic rings. The maximum absolute atomic E-state index is 12.2.